The van der Waals surface area contributed by atoms with Crippen molar-refractivity contribution in [3.63, 3.8) is 0 Å². The van der Waals surface area contributed by atoms with Crippen molar-refractivity contribution in [3.05, 3.63) is 29.8 Å². The van der Waals surface area contributed by atoms with E-state index in [1.54, 1.807) is 7.11 Å². The number of aliphatic imine (C=N–C) groups is 1. The summed E-state index contributed by atoms with van der Waals surface area (Å²) >= 11 is 0. The number of hydrogen-bond donors (Lipinski definition) is 2. The van der Waals surface area contributed by atoms with E-state index >= 15 is 0 Å². The van der Waals surface area contributed by atoms with Crippen LogP contribution in [0.4, 0.5) is 0 Å². The molecular weight excluding hydrogens is 216 g/mol. The number of methoxy groups -OCH3 is 1. The Bertz CT molecular complexity index is 379. The Morgan fingerprint density at radius 2 is 2.18 bits per heavy atom. The standard InChI is InChI=1S/C12H20N4O/c1-4-14-12(15-13)16(2)9-10-7-5-6-8-11(10)17-3/h5-8H,4,9,13H2,1-3H3,(H,14,15). The van der Waals surface area contributed by atoms with Gasteiger partial charge in [-0.1, -0.05) is 18.2 Å². The first-order valence-electron chi connectivity index (χ1n) is 5.57. The predicted octanol–water partition coefficient (Wildman–Crippen LogP) is 0.966. The molecule has 1 rings (SSSR count). The fourth-order valence-corrected chi connectivity index (χ4v) is 1.59. The maximum Gasteiger partial charge on any atom is 0.208 e. The molecule has 1 aromatic carbocycles. The van der Waals surface area contributed by atoms with Gasteiger partial charge in [0.2, 0.25) is 5.96 Å². The highest BCUT2D eigenvalue weighted by molar-refractivity contribution is 5.79. The molecule has 0 fully saturated rings. The maximum atomic E-state index is 5.43. The molecule has 0 radical (unpaired) electrons. The molecule has 0 aliphatic carbocycles. The molecular formula is C12H20N4O. The lowest BCUT2D eigenvalue weighted by atomic mass is 10.2. The van der Waals surface area contributed by atoms with Crippen molar-refractivity contribution in [1.29, 1.82) is 0 Å². The van der Waals surface area contributed by atoms with E-state index in [1.807, 2.05) is 43.1 Å². The lowest BCUT2D eigenvalue weighted by Gasteiger charge is -2.21. The Labute approximate surface area is 102 Å². The molecule has 0 heterocycles. The third kappa shape index (κ3) is 3.64. The average Bonchev–Trinajstić information content (AvgIpc) is 2.36. The van der Waals surface area contributed by atoms with Crippen LogP contribution < -0.4 is 16.0 Å². The fourth-order valence-electron chi connectivity index (χ4n) is 1.59. The van der Waals surface area contributed by atoms with E-state index in [-0.39, 0.29) is 0 Å². The monoisotopic (exact) mass is 236 g/mol. The van der Waals surface area contributed by atoms with Crippen LogP contribution >= 0.6 is 0 Å². The van der Waals surface area contributed by atoms with Gasteiger partial charge in [-0.15, -0.1) is 0 Å². The van der Waals surface area contributed by atoms with Gasteiger partial charge < -0.3 is 9.64 Å². The van der Waals surface area contributed by atoms with E-state index in [0.717, 1.165) is 11.3 Å². The summed E-state index contributed by atoms with van der Waals surface area (Å²) < 4.78 is 5.30. The van der Waals surface area contributed by atoms with Crippen LogP contribution in [0.25, 0.3) is 0 Å². The summed E-state index contributed by atoms with van der Waals surface area (Å²) in [6.07, 6.45) is 0. The number of rotatable bonds is 4. The summed E-state index contributed by atoms with van der Waals surface area (Å²) in [6, 6.07) is 7.90. The molecule has 0 saturated heterocycles. The maximum absolute atomic E-state index is 5.43. The van der Waals surface area contributed by atoms with Crippen molar-refractivity contribution < 1.29 is 4.74 Å². The molecule has 0 amide bonds. The summed E-state index contributed by atoms with van der Waals surface area (Å²) in [7, 11) is 3.60. The van der Waals surface area contributed by atoms with Gasteiger partial charge in [-0.25, -0.2) is 5.84 Å². The number of para-hydroxylation sites is 1. The molecule has 0 bridgehead atoms. The Hall–Kier alpha value is -1.75. The number of nitrogens with zero attached hydrogens (tertiary/aromatic N) is 2. The van der Waals surface area contributed by atoms with E-state index in [9.17, 15) is 0 Å². The number of hydrazine groups is 1. The second kappa shape index (κ2) is 6.75. The van der Waals surface area contributed by atoms with E-state index in [1.165, 1.54) is 0 Å². The van der Waals surface area contributed by atoms with Gasteiger partial charge in [-0.3, -0.25) is 10.4 Å². The predicted molar refractivity (Wildman–Crippen MR) is 69.8 cm³/mol. The van der Waals surface area contributed by atoms with Crippen molar-refractivity contribution in [1.82, 2.24) is 10.3 Å². The number of nitrogens with two attached hydrogens (primary N) is 1. The van der Waals surface area contributed by atoms with E-state index in [4.69, 9.17) is 10.6 Å². The van der Waals surface area contributed by atoms with Crippen LogP contribution in [0.15, 0.2) is 29.3 Å². The van der Waals surface area contributed by atoms with Gasteiger partial charge >= 0.3 is 0 Å². The van der Waals surface area contributed by atoms with Crippen molar-refractivity contribution >= 4 is 5.96 Å². The first kappa shape index (κ1) is 13.3. The lowest BCUT2D eigenvalue weighted by molar-refractivity contribution is 0.396. The first-order valence-corrected chi connectivity index (χ1v) is 5.57. The van der Waals surface area contributed by atoms with Gasteiger partial charge in [-0.05, 0) is 13.0 Å². The van der Waals surface area contributed by atoms with Crippen molar-refractivity contribution in [2.24, 2.45) is 10.8 Å². The summed E-state index contributed by atoms with van der Waals surface area (Å²) in [5.41, 5.74) is 3.69. The van der Waals surface area contributed by atoms with Gasteiger partial charge in [0.15, 0.2) is 0 Å². The van der Waals surface area contributed by atoms with Crippen LogP contribution in [-0.2, 0) is 6.54 Å². The highest BCUT2D eigenvalue weighted by Crippen LogP contribution is 2.18. The molecule has 0 aliphatic rings. The first-order chi connectivity index (χ1) is 8.22. The summed E-state index contributed by atoms with van der Waals surface area (Å²) in [6.45, 7) is 3.34. The quantitative estimate of drug-likeness (QED) is 0.354. The zero-order chi connectivity index (χ0) is 12.7. The second-order valence-corrected chi connectivity index (χ2v) is 3.61. The highest BCUT2D eigenvalue weighted by atomic mass is 16.5. The minimum Gasteiger partial charge on any atom is -0.496 e. The zero-order valence-electron chi connectivity index (χ0n) is 10.6. The molecule has 3 N–H and O–H groups in total. The normalized spacial score (nSPS) is 11.2. The Balaban J connectivity index is 2.79. The molecule has 1 aromatic rings. The number of benzene rings is 1. The second-order valence-electron chi connectivity index (χ2n) is 3.61. The molecule has 0 spiro atoms. The smallest absolute Gasteiger partial charge is 0.208 e. The van der Waals surface area contributed by atoms with Crippen LogP contribution in [0.3, 0.4) is 0 Å². The molecule has 0 unspecified atom stereocenters. The average molecular weight is 236 g/mol. The fraction of sp³-hybridized carbons (Fsp3) is 0.417. The van der Waals surface area contributed by atoms with Gasteiger partial charge in [0, 0.05) is 25.7 Å². The largest absolute Gasteiger partial charge is 0.496 e. The lowest BCUT2D eigenvalue weighted by Crippen LogP contribution is -2.42. The molecule has 5 heteroatoms. The minimum atomic E-state index is 0.665. The third-order valence-electron chi connectivity index (χ3n) is 2.40. The minimum absolute atomic E-state index is 0.665. The topological polar surface area (TPSA) is 62.9 Å². The van der Waals surface area contributed by atoms with E-state index in [2.05, 4.69) is 10.4 Å². The molecule has 0 atom stereocenters. The number of guanidine groups is 1. The summed E-state index contributed by atoms with van der Waals surface area (Å²) in [5, 5.41) is 0. The molecule has 17 heavy (non-hydrogen) atoms. The molecule has 0 aromatic heterocycles. The van der Waals surface area contributed by atoms with E-state index in [0.29, 0.717) is 19.0 Å². The van der Waals surface area contributed by atoms with Crippen molar-refractivity contribution in [3.8, 4) is 5.75 Å². The summed E-state index contributed by atoms with van der Waals surface area (Å²) in [5.74, 6) is 6.96. The van der Waals surface area contributed by atoms with E-state index < -0.39 is 0 Å². The number of hydrogen-bond acceptors (Lipinski definition) is 3. The third-order valence-corrected chi connectivity index (χ3v) is 2.40. The number of ether oxygens (including phenoxy) is 1. The zero-order valence-corrected chi connectivity index (χ0v) is 10.6. The van der Waals surface area contributed by atoms with Gasteiger partial charge in [-0.2, -0.15) is 0 Å². The molecule has 94 valence electrons. The van der Waals surface area contributed by atoms with Crippen LogP contribution in [0, 0.1) is 0 Å². The van der Waals surface area contributed by atoms with Gasteiger partial charge in [0.1, 0.15) is 5.75 Å². The van der Waals surface area contributed by atoms with Crippen LogP contribution in [0.5, 0.6) is 5.75 Å². The van der Waals surface area contributed by atoms with Crippen molar-refractivity contribution in [2.75, 3.05) is 20.7 Å². The van der Waals surface area contributed by atoms with Crippen LogP contribution in [-0.4, -0.2) is 31.6 Å². The SMILES string of the molecule is CCN=C(NN)N(C)Cc1ccccc1OC. The van der Waals surface area contributed by atoms with Gasteiger partial charge in [0.25, 0.3) is 0 Å². The Kier molecular flexibility index (Phi) is 5.29. The highest BCUT2D eigenvalue weighted by Gasteiger charge is 2.08. The molecule has 5 nitrogen and oxygen atoms in total. The Morgan fingerprint density at radius 1 is 1.47 bits per heavy atom. The van der Waals surface area contributed by atoms with Crippen molar-refractivity contribution in [2.45, 2.75) is 13.5 Å². The molecule has 0 aliphatic heterocycles. The summed E-state index contributed by atoms with van der Waals surface area (Å²) in [4.78, 5) is 6.21. The molecule has 0 saturated carbocycles. The number of nitrogens with one attached hydrogen (secondary N) is 1. The Morgan fingerprint density at radius 3 is 2.76 bits per heavy atom. The van der Waals surface area contributed by atoms with Gasteiger partial charge in [0.05, 0.1) is 7.11 Å². The van der Waals surface area contributed by atoms with Crippen LogP contribution in [0.1, 0.15) is 12.5 Å². The van der Waals surface area contributed by atoms with Crippen LogP contribution in [0.2, 0.25) is 0 Å².